The van der Waals surface area contributed by atoms with Crippen LogP contribution in [-0.2, 0) is 0 Å². The van der Waals surface area contributed by atoms with Gasteiger partial charge in [0.25, 0.3) is 5.91 Å². The minimum atomic E-state index is -1.02. The van der Waals surface area contributed by atoms with E-state index < -0.39 is 5.97 Å². The Hall–Kier alpha value is -3.58. The molecule has 7 nitrogen and oxygen atoms in total. The Morgan fingerprint density at radius 2 is 1.61 bits per heavy atom. The van der Waals surface area contributed by atoms with E-state index in [-0.39, 0.29) is 17.4 Å². The summed E-state index contributed by atoms with van der Waals surface area (Å²) in [7, 11) is 0. The predicted molar refractivity (Wildman–Crippen MR) is 117 cm³/mol. The van der Waals surface area contributed by atoms with Crippen LogP contribution < -0.4 is 9.64 Å². The molecule has 0 aliphatic carbocycles. The molecule has 0 radical (unpaired) electrons. The average molecular weight is 438 g/mol. The minimum absolute atomic E-state index is 0.152. The maximum atomic E-state index is 13.1. The third kappa shape index (κ3) is 4.78. The van der Waals surface area contributed by atoms with Crippen LogP contribution in [0.2, 0.25) is 5.02 Å². The van der Waals surface area contributed by atoms with Crippen molar-refractivity contribution in [2.24, 2.45) is 0 Å². The number of aromatic carboxylic acids is 1. The predicted octanol–water partition coefficient (Wildman–Crippen LogP) is 4.19. The zero-order chi connectivity index (χ0) is 21.8. The molecule has 8 heteroatoms. The topological polar surface area (TPSA) is 83.0 Å². The Morgan fingerprint density at radius 3 is 2.26 bits per heavy atom. The highest BCUT2D eigenvalue weighted by Gasteiger charge is 2.25. The molecule has 2 aromatic carbocycles. The molecule has 1 aliphatic heterocycles. The number of halogens is 1. The molecule has 31 heavy (non-hydrogen) atoms. The number of carbonyl (C=O) groups is 2. The molecule has 1 N–H and O–H groups in total. The lowest BCUT2D eigenvalue weighted by Gasteiger charge is -2.36. The van der Waals surface area contributed by atoms with Crippen molar-refractivity contribution >= 4 is 29.2 Å². The molecule has 0 saturated carbocycles. The van der Waals surface area contributed by atoms with Crippen LogP contribution in [0.5, 0.6) is 11.6 Å². The van der Waals surface area contributed by atoms with E-state index in [1.165, 1.54) is 24.3 Å². The summed E-state index contributed by atoms with van der Waals surface area (Å²) < 4.78 is 5.78. The normalized spacial score (nSPS) is 13.7. The Balaban J connectivity index is 1.44. The molecule has 1 aromatic heterocycles. The SMILES string of the molecule is O=C(O)c1ccc(Oc2ncccc2C(=O)N2CCN(c3ccc(Cl)cc3)CC2)cc1. The van der Waals surface area contributed by atoms with E-state index in [2.05, 4.69) is 9.88 Å². The summed E-state index contributed by atoms with van der Waals surface area (Å²) in [5.41, 5.74) is 1.60. The van der Waals surface area contributed by atoms with Gasteiger partial charge in [-0.05, 0) is 60.7 Å². The first-order valence-corrected chi connectivity index (χ1v) is 10.1. The number of benzene rings is 2. The molecular formula is C23H20ClN3O4. The summed E-state index contributed by atoms with van der Waals surface area (Å²) in [5, 5.41) is 9.71. The van der Waals surface area contributed by atoms with Crippen molar-refractivity contribution in [3.05, 3.63) is 83.0 Å². The van der Waals surface area contributed by atoms with Crippen LogP contribution in [0.15, 0.2) is 66.9 Å². The van der Waals surface area contributed by atoms with Crippen molar-refractivity contribution in [2.75, 3.05) is 31.1 Å². The number of aromatic nitrogens is 1. The first-order valence-electron chi connectivity index (χ1n) is 9.77. The number of rotatable bonds is 5. The number of amides is 1. The number of ether oxygens (including phenoxy) is 1. The molecule has 4 rings (SSSR count). The maximum absolute atomic E-state index is 13.1. The van der Waals surface area contributed by atoms with Gasteiger partial charge in [0.1, 0.15) is 11.3 Å². The summed E-state index contributed by atoms with van der Waals surface area (Å²) in [6.45, 7) is 2.56. The van der Waals surface area contributed by atoms with Gasteiger partial charge >= 0.3 is 5.97 Å². The first kappa shape index (κ1) is 20.7. The van der Waals surface area contributed by atoms with E-state index in [0.29, 0.717) is 42.5 Å². The van der Waals surface area contributed by atoms with E-state index in [0.717, 1.165) is 5.69 Å². The number of carboxylic acids is 1. The molecule has 1 amide bonds. The Bertz CT molecular complexity index is 1080. The van der Waals surface area contributed by atoms with Gasteiger partial charge < -0.3 is 19.6 Å². The standard InChI is InChI=1S/C23H20ClN3O4/c24-17-5-7-18(8-6-17)26-12-14-27(15-13-26)22(28)20-2-1-11-25-21(20)31-19-9-3-16(4-10-19)23(29)30/h1-11H,12-15H2,(H,29,30). The summed E-state index contributed by atoms with van der Waals surface area (Å²) >= 11 is 5.96. The largest absolute Gasteiger partial charge is 0.478 e. The highest BCUT2D eigenvalue weighted by atomic mass is 35.5. The molecule has 0 spiro atoms. The zero-order valence-electron chi connectivity index (χ0n) is 16.6. The molecular weight excluding hydrogens is 418 g/mol. The van der Waals surface area contributed by atoms with Crippen LogP contribution >= 0.6 is 11.6 Å². The Morgan fingerprint density at radius 1 is 0.935 bits per heavy atom. The zero-order valence-corrected chi connectivity index (χ0v) is 17.3. The van der Waals surface area contributed by atoms with Gasteiger partial charge in [-0.3, -0.25) is 4.79 Å². The monoisotopic (exact) mass is 437 g/mol. The van der Waals surface area contributed by atoms with Crippen LogP contribution in [0, 0.1) is 0 Å². The first-order chi connectivity index (χ1) is 15.0. The molecule has 2 heterocycles. The summed E-state index contributed by atoms with van der Waals surface area (Å²) in [4.78, 5) is 32.3. The van der Waals surface area contributed by atoms with Crippen LogP contribution in [0.3, 0.4) is 0 Å². The second-order valence-corrected chi connectivity index (χ2v) is 7.48. The van der Waals surface area contributed by atoms with Crippen molar-refractivity contribution in [1.29, 1.82) is 0 Å². The van der Waals surface area contributed by atoms with E-state index in [9.17, 15) is 9.59 Å². The number of carbonyl (C=O) groups excluding carboxylic acids is 1. The van der Waals surface area contributed by atoms with Crippen molar-refractivity contribution < 1.29 is 19.4 Å². The fourth-order valence-corrected chi connectivity index (χ4v) is 3.53. The number of hydrogen-bond donors (Lipinski definition) is 1. The van der Waals surface area contributed by atoms with Gasteiger partial charge in [0.05, 0.1) is 5.56 Å². The van der Waals surface area contributed by atoms with Gasteiger partial charge in [0, 0.05) is 43.1 Å². The number of hydrogen-bond acceptors (Lipinski definition) is 5. The van der Waals surface area contributed by atoms with E-state index in [1.807, 2.05) is 24.3 Å². The van der Waals surface area contributed by atoms with E-state index in [4.69, 9.17) is 21.4 Å². The van der Waals surface area contributed by atoms with Gasteiger partial charge in [-0.25, -0.2) is 9.78 Å². The third-order valence-corrected chi connectivity index (χ3v) is 5.33. The molecule has 1 fully saturated rings. The molecule has 0 atom stereocenters. The average Bonchev–Trinajstić information content (AvgIpc) is 2.80. The highest BCUT2D eigenvalue weighted by Crippen LogP contribution is 2.26. The van der Waals surface area contributed by atoms with Gasteiger partial charge in [-0.15, -0.1) is 0 Å². The third-order valence-electron chi connectivity index (χ3n) is 5.08. The highest BCUT2D eigenvalue weighted by molar-refractivity contribution is 6.30. The maximum Gasteiger partial charge on any atom is 0.335 e. The summed E-state index contributed by atoms with van der Waals surface area (Å²) in [5.74, 6) is -0.569. The number of nitrogens with zero attached hydrogens (tertiary/aromatic N) is 3. The van der Waals surface area contributed by atoms with E-state index >= 15 is 0 Å². The molecule has 1 aliphatic rings. The fraction of sp³-hybridized carbons (Fsp3) is 0.174. The van der Waals surface area contributed by atoms with Gasteiger partial charge in [0.15, 0.2) is 0 Å². The van der Waals surface area contributed by atoms with Gasteiger partial charge in [0.2, 0.25) is 5.88 Å². The van der Waals surface area contributed by atoms with Crippen LogP contribution in [0.25, 0.3) is 0 Å². The van der Waals surface area contributed by atoms with Crippen LogP contribution in [-0.4, -0.2) is 53.0 Å². The second kappa shape index (κ2) is 9.06. The fourth-order valence-electron chi connectivity index (χ4n) is 3.40. The molecule has 158 valence electrons. The summed E-state index contributed by atoms with van der Waals surface area (Å²) in [6.07, 6.45) is 1.55. The van der Waals surface area contributed by atoms with Crippen molar-refractivity contribution in [3.63, 3.8) is 0 Å². The van der Waals surface area contributed by atoms with E-state index in [1.54, 1.807) is 23.2 Å². The number of piperazine rings is 1. The summed E-state index contributed by atoms with van der Waals surface area (Å²) in [6, 6.07) is 17.0. The molecule has 0 unspecified atom stereocenters. The smallest absolute Gasteiger partial charge is 0.335 e. The molecule has 1 saturated heterocycles. The number of anilines is 1. The van der Waals surface area contributed by atoms with Crippen molar-refractivity contribution in [2.45, 2.75) is 0 Å². The molecule has 3 aromatic rings. The lowest BCUT2D eigenvalue weighted by Crippen LogP contribution is -2.48. The second-order valence-electron chi connectivity index (χ2n) is 7.04. The van der Waals surface area contributed by atoms with Crippen LogP contribution in [0.1, 0.15) is 20.7 Å². The van der Waals surface area contributed by atoms with Crippen molar-refractivity contribution in [1.82, 2.24) is 9.88 Å². The Labute approximate surface area is 184 Å². The van der Waals surface area contributed by atoms with Gasteiger partial charge in [-0.1, -0.05) is 11.6 Å². The quantitative estimate of drug-likeness (QED) is 0.644. The van der Waals surface area contributed by atoms with Gasteiger partial charge in [-0.2, -0.15) is 0 Å². The number of carboxylic acid groups (broad SMARTS) is 1. The molecule has 0 bridgehead atoms. The number of pyridine rings is 1. The minimum Gasteiger partial charge on any atom is -0.478 e. The lowest BCUT2D eigenvalue weighted by molar-refractivity contribution is 0.0695. The van der Waals surface area contributed by atoms with Crippen LogP contribution in [0.4, 0.5) is 5.69 Å². The Kier molecular flexibility index (Phi) is 6.04. The van der Waals surface area contributed by atoms with Crippen molar-refractivity contribution in [3.8, 4) is 11.6 Å². The lowest BCUT2D eigenvalue weighted by atomic mass is 10.2.